The highest BCUT2D eigenvalue weighted by Crippen LogP contribution is 2.19. The molecule has 1 heterocycles. The van der Waals surface area contributed by atoms with Crippen molar-refractivity contribution >= 4 is 21.6 Å². The Labute approximate surface area is 117 Å². The minimum Gasteiger partial charge on any atom is -0.295 e. The maximum Gasteiger partial charge on any atom is 0.263 e. The van der Waals surface area contributed by atoms with Gasteiger partial charge in [-0.3, -0.25) is 14.6 Å². The van der Waals surface area contributed by atoms with Gasteiger partial charge in [-0.1, -0.05) is 19.1 Å². The summed E-state index contributed by atoms with van der Waals surface area (Å²) < 4.78 is 27.0. The number of anilines is 1. The molecule has 1 aromatic carbocycles. The number of aryl methyl sites for hydroxylation is 1. The molecule has 0 atom stereocenters. The van der Waals surface area contributed by atoms with Gasteiger partial charge in [-0.05, 0) is 25.5 Å². The second kappa shape index (κ2) is 5.46. The van der Waals surface area contributed by atoms with Crippen LogP contribution in [0.1, 0.15) is 29.8 Å². The predicted octanol–water partition coefficient (Wildman–Crippen LogP) is 1.98. The van der Waals surface area contributed by atoms with Crippen molar-refractivity contribution < 1.29 is 13.2 Å². The summed E-state index contributed by atoms with van der Waals surface area (Å²) in [6.45, 7) is 3.29. The van der Waals surface area contributed by atoms with Crippen molar-refractivity contribution in [1.29, 1.82) is 0 Å². The molecule has 6 nitrogen and oxygen atoms in total. The average molecular weight is 293 g/mol. The Bertz CT molecular complexity index is 735. The van der Waals surface area contributed by atoms with E-state index in [0.717, 1.165) is 5.56 Å². The zero-order chi connectivity index (χ0) is 14.8. The molecule has 7 heteroatoms. The van der Waals surface area contributed by atoms with Crippen LogP contribution in [-0.4, -0.2) is 24.4 Å². The van der Waals surface area contributed by atoms with E-state index < -0.39 is 10.0 Å². The quantitative estimate of drug-likeness (QED) is 0.824. The molecule has 0 radical (unpaired) electrons. The van der Waals surface area contributed by atoms with E-state index in [2.05, 4.69) is 14.9 Å². The molecule has 2 aromatic rings. The van der Waals surface area contributed by atoms with E-state index in [0.29, 0.717) is 17.8 Å². The average Bonchev–Trinajstić information content (AvgIpc) is 2.85. The monoisotopic (exact) mass is 293 g/mol. The number of aromatic nitrogens is 2. The number of rotatable bonds is 5. The van der Waals surface area contributed by atoms with Gasteiger partial charge in [0, 0.05) is 11.1 Å². The summed E-state index contributed by atoms with van der Waals surface area (Å²) >= 11 is 0. The van der Waals surface area contributed by atoms with Gasteiger partial charge in [-0.25, -0.2) is 8.42 Å². The van der Waals surface area contributed by atoms with Crippen LogP contribution in [0.4, 0.5) is 5.82 Å². The van der Waals surface area contributed by atoms with E-state index in [1.54, 1.807) is 18.3 Å². The van der Waals surface area contributed by atoms with Gasteiger partial charge in [0.05, 0.1) is 11.1 Å². The van der Waals surface area contributed by atoms with E-state index in [-0.39, 0.29) is 10.7 Å². The van der Waals surface area contributed by atoms with Gasteiger partial charge in [0.1, 0.15) is 5.82 Å². The number of nitrogens with one attached hydrogen (secondary N) is 2. The van der Waals surface area contributed by atoms with E-state index >= 15 is 0 Å². The number of sulfonamides is 1. The number of ketones is 1. The summed E-state index contributed by atoms with van der Waals surface area (Å²) in [4.78, 5) is 11.4. The first kappa shape index (κ1) is 14.3. The second-order valence-electron chi connectivity index (χ2n) is 4.31. The smallest absolute Gasteiger partial charge is 0.263 e. The fourth-order valence-corrected chi connectivity index (χ4v) is 2.85. The van der Waals surface area contributed by atoms with Crippen molar-refractivity contribution in [2.45, 2.75) is 25.2 Å². The number of carbonyl (C=O) groups is 1. The third-order valence-corrected chi connectivity index (χ3v) is 4.23. The first-order valence-electron chi connectivity index (χ1n) is 6.10. The first-order valence-corrected chi connectivity index (χ1v) is 7.58. The molecule has 0 saturated heterocycles. The summed E-state index contributed by atoms with van der Waals surface area (Å²) in [5.74, 6) is 0.165. The van der Waals surface area contributed by atoms with Crippen LogP contribution in [0.15, 0.2) is 35.4 Å². The highest BCUT2D eigenvalue weighted by Gasteiger charge is 2.17. The molecule has 0 spiro atoms. The standard InChI is InChI=1S/C13H15N3O3S/c1-3-10-8-14-15-13(10)16-20(18,19)12-6-4-5-11(7-12)9(2)17/h4-8H,3H2,1-2H3,(H2,14,15,16). The minimum atomic E-state index is -3.75. The van der Waals surface area contributed by atoms with Gasteiger partial charge >= 0.3 is 0 Å². The summed E-state index contributed by atoms with van der Waals surface area (Å²) in [5.41, 5.74) is 1.13. The first-order chi connectivity index (χ1) is 9.44. The zero-order valence-corrected chi connectivity index (χ0v) is 12.0. The summed E-state index contributed by atoms with van der Waals surface area (Å²) in [7, 11) is -3.75. The lowest BCUT2D eigenvalue weighted by molar-refractivity contribution is 0.101. The van der Waals surface area contributed by atoms with Gasteiger partial charge in [-0.2, -0.15) is 5.10 Å². The van der Waals surface area contributed by atoms with Crippen molar-refractivity contribution in [3.8, 4) is 0 Å². The van der Waals surface area contributed by atoms with Gasteiger partial charge < -0.3 is 0 Å². The molecule has 0 bridgehead atoms. The van der Waals surface area contributed by atoms with Crippen LogP contribution < -0.4 is 4.72 Å². The fraction of sp³-hybridized carbons (Fsp3) is 0.231. The highest BCUT2D eigenvalue weighted by molar-refractivity contribution is 7.92. The van der Waals surface area contributed by atoms with Crippen LogP contribution in [0, 0.1) is 0 Å². The molecule has 20 heavy (non-hydrogen) atoms. The Morgan fingerprint density at radius 1 is 1.40 bits per heavy atom. The maximum absolute atomic E-state index is 12.3. The molecule has 0 aliphatic rings. The number of carbonyl (C=O) groups excluding carboxylic acids is 1. The molecule has 0 aliphatic carbocycles. The summed E-state index contributed by atoms with van der Waals surface area (Å²) in [6.07, 6.45) is 2.23. The maximum atomic E-state index is 12.3. The molecule has 0 amide bonds. The number of aromatic amines is 1. The number of H-pyrrole nitrogens is 1. The molecule has 2 rings (SSSR count). The van der Waals surface area contributed by atoms with Gasteiger partial charge in [-0.15, -0.1) is 0 Å². The lowest BCUT2D eigenvalue weighted by Crippen LogP contribution is -2.14. The Hall–Kier alpha value is -2.15. The van der Waals surface area contributed by atoms with Crippen LogP contribution >= 0.6 is 0 Å². The number of hydrogen-bond donors (Lipinski definition) is 2. The molecule has 2 N–H and O–H groups in total. The summed E-state index contributed by atoms with van der Waals surface area (Å²) in [6, 6.07) is 5.91. The Balaban J connectivity index is 2.36. The van der Waals surface area contributed by atoms with Crippen molar-refractivity contribution in [3.05, 3.63) is 41.6 Å². The normalized spacial score (nSPS) is 11.3. The predicted molar refractivity (Wildman–Crippen MR) is 75.2 cm³/mol. The second-order valence-corrected chi connectivity index (χ2v) is 6.00. The van der Waals surface area contributed by atoms with Crippen molar-refractivity contribution in [2.75, 3.05) is 4.72 Å². The zero-order valence-electron chi connectivity index (χ0n) is 11.2. The number of benzene rings is 1. The number of hydrogen-bond acceptors (Lipinski definition) is 4. The van der Waals surface area contributed by atoms with Gasteiger partial charge in [0.2, 0.25) is 0 Å². The molecular weight excluding hydrogens is 278 g/mol. The Morgan fingerprint density at radius 3 is 2.80 bits per heavy atom. The van der Waals surface area contributed by atoms with E-state index in [1.807, 2.05) is 6.92 Å². The van der Waals surface area contributed by atoms with Crippen molar-refractivity contribution in [2.24, 2.45) is 0 Å². The molecular formula is C13H15N3O3S. The molecule has 0 unspecified atom stereocenters. The number of nitrogens with zero attached hydrogens (tertiary/aromatic N) is 1. The third kappa shape index (κ3) is 2.88. The lowest BCUT2D eigenvalue weighted by Gasteiger charge is -2.08. The van der Waals surface area contributed by atoms with E-state index in [4.69, 9.17) is 0 Å². The van der Waals surface area contributed by atoms with E-state index in [1.165, 1.54) is 19.1 Å². The molecule has 0 saturated carbocycles. The molecule has 1 aromatic heterocycles. The van der Waals surface area contributed by atoms with Gasteiger partial charge in [0.15, 0.2) is 5.78 Å². The molecule has 0 fully saturated rings. The van der Waals surface area contributed by atoms with Crippen LogP contribution in [0.5, 0.6) is 0 Å². The Kier molecular flexibility index (Phi) is 3.89. The topological polar surface area (TPSA) is 91.9 Å². The van der Waals surface area contributed by atoms with Crippen LogP contribution in [0.2, 0.25) is 0 Å². The summed E-state index contributed by atoms with van der Waals surface area (Å²) in [5, 5.41) is 6.42. The van der Waals surface area contributed by atoms with E-state index in [9.17, 15) is 13.2 Å². The lowest BCUT2D eigenvalue weighted by atomic mass is 10.2. The minimum absolute atomic E-state index is 0.0434. The SMILES string of the molecule is CCc1cn[nH]c1NS(=O)(=O)c1cccc(C(C)=O)c1. The fourth-order valence-electron chi connectivity index (χ4n) is 1.74. The molecule has 106 valence electrons. The largest absolute Gasteiger partial charge is 0.295 e. The molecule has 0 aliphatic heterocycles. The van der Waals surface area contributed by atoms with Crippen molar-refractivity contribution in [3.63, 3.8) is 0 Å². The number of Topliss-reactive ketones (excluding diaryl/α,β-unsaturated/α-hetero) is 1. The Morgan fingerprint density at radius 2 is 2.15 bits per heavy atom. The third-order valence-electron chi connectivity index (χ3n) is 2.89. The van der Waals surface area contributed by atoms with Crippen LogP contribution in [0.3, 0.4) is 0 Å². The van der Waals surface area contributed by atoms with Crippen molar-refractivity contribution in [1.82, 2.24) is 10.2 Å². The van der Waals surface area contributed by atoms with Gasteiger partial charge in [0.25, 0.3) is 10.0 Å². The van der Waals surface area contributed by atoms with Crippen LogP contribution in [0.25, 0.3) is 0 Å². The van der Waals surface area contributed by atoms with Crippen LogP contribution in [-0.2, 0) is 16.4 Å². The highest BCUT2D eigenvalue weighted by atomic mass is 32.2.